The molecule has 2 N–H and O–H groups in total. The lowest BCUT2D eigenvalue weighted by Gasteiger charge is -2.18. The molecule has 0 radical (unpaired) electrons. The fourth-order valence-corrected chi connectivity index (χ4v) is 2.93. The molecule has 28 heavy (non-hydrogen) atoms. The molecule has 2 aromatic rings. The zero-order valence-corrected chi connectivity index (χ0v) is 15.9. The van der Waals surface area contributed by atoms with Crippen molar-refractivity contribution in [3.63, 3.8) is 0 Å². The molecule has 0 amide bonds. The molecule has 1 fully saturated rings. The third kappa shape index (κ3) is 5.02. The fourth-order valence-electron chi connectivity index (χ4n) is 2.93. The Kier molecular flexibility index (Phi) is 6.24. The molecule has 0 saturated heterocycles. The Bertz CT molecular complexity index is 802. The highest BCUT2D eigenvalue weighted by Gasteiger charge is 2.37. The summed E-state index contributed by atoms with van der Waals surface area (Å²) in [5.41, 5.74) is 0.0533. The van der Waals surface area contributed by atoms with E-state index in [0.717, 1.165) is 38.1 Å². The maximum atomic E-state index is 14.6. The zero-order chi connectivity index (χ0) is 20.3. The number of hydrogen-bond donors (Lipinski definition) is 2. The van der Waals surface area contributed by atoms with Crippen LogP contribution in [0.2, 0.25) is 0 Å². The zero-order valence-electron chi connectivity index (χ0n) is 15.9. The number of alkyl halides is 3. The number of hydrogen-bond acceptors (Lipinski definition) is 4. The maximum absolute atomic E-state index is 14.6. The van der Waals surface area contributed by atoms with Gasteiger partial charge in [0.25, 0.3) is 0 Å². The molecule has 0 spiro atoms. The van der Waals surface area contributed by atoms with Gasteiger partial charge in [-0.25, -0.2) is 4.39 Å². The van der Waals surface area contributed by atoms with Crippen LogP contribution >= 0.6 is 0 Å². The van der Waals surface area contributed by atoms with Gasteiger partial charge in [0.15, 0.2) is 11.6 Å². The third-order valence-corrected chi connectivity index (χ3v) is 4.70. The molecule has 1 saturated carbocycles. The van der Waals surface area contributed by atoms with E-state index in [2.05, 4.69) is 15.5 Å². The molecule has 0 aliphatic heterocycles. The molecule has 1 aromatic heterocycles. The van der Waals surface area contributed by atoms with Crippen LogP contribution in [0, 0.1) is 11.7 Å². The van der Waals surface area contributed by atoms with Gasteiger partial charge in [0.1, 0.15) is 5.56 Å². The van der Waals surface area contributed by atoms with Crippen molar-refractivity contribution >= 4 is 0 Å². The van der Waals surface area contributed by atoms with E-state index in [0.29, 0.717) is 17.8 Å². The van der Waals surface area contributed by atoms with Crippen LogP contribution in [0.15, 0.2) is 18.3 Å². The Balaban J connectivity index is 1.90. The highest BCUT2D eigenvalue weighted by Crippen LogP contribution is 2.41. The molecule has 0 unspecified atom stereocenters. The van der Waals surface area contributed by atoms with E-state index in [4.69, 9.17) is 4.74 Å². The largest absolute Gasteiger partial charge is 0.490 e. The van der Waals surface area contributed by atoms with Crippen LogP contribution in [0.5, 0.6) is 5.75 Å². The van der Waals surface area contributed by atoms with Gasteiger partial charge >= 0.3 is 6.18 Å². The summed E-state index contributed by atoms with van der Waals surface area (Å²) < 4.78 is 60.4. The lowest BCUT2D eigenvalue weighted by Crippen LogP contribution is -2.27. The van der Waals surface area contributed by atoms with Gasteiger partial charge in [-0.3, -0.25) is 5.10 Å². The lowest BCUT2D eigenvalue weighted by molar-refractivity contribution is -0.139. The first kappa shape index (κ1) is 20.6. The summed E-state index contributed by atoms with van der Waals surface area (Å²) in [4.78, 5) is 2.00. The number of likely N-dealkylation sites (N-methyl/N-ethyl adjacent to an activating group) is 2. The normalized spacial score (nSPS) is 14.7. The second kappa shape index (κ2) is 8.48. The molecule has 1 aliphatic carbocycles. The van der Waals surface area contributed by atoms with E-state index in [1.54, 1.807) is 6.20 Å². The number of ether oxygens (including phenoxy) is 1. The predicted octanol–water partition coefficient (Wildman–Crippen LogP) is 3.67. The molecule has 0 atom stereocenters. The van der Waals surface area contributed by atoms with Gasteiger partial charge in [-0.2, -0.15) is 18.3 Å². The number of aromatic nitrogens is 2. The number of halogens is 4. The molecular formula is C19H24F4N4O. The summed E-state index contributed by atoms with van der Waals surface area (Å²) >= 11 is 0. The third-order valence-electron chi connectivity index (χ3n) is 4.70. The number of H-pyrrole nitrogens is 1. The molecule has 9 heteroatoms. The Morgan fingerprint density at radius 1 is 1.32 bits per heavy atom. The van der Waals surface area contributed by atoms with E-state index < -0.39 is 23.3 Å². The molecular weight excluding hydrogens is 376 g/mol. The molecule has 5 nitrogen and oxygen atoms in total. The number of aromatic amines is 1. The quantitative estimate of drug-likeness (QED) is 0.631. The minimum absolute atomic E-state index is 0.0955. The highest BCUT2D eigenvalue weighted by molar-refractivity contribution is 5.66. The molecule has 1 aliphatic rings. The fraction of sp³-hybridized carbons (Fsp3) is 0.526. The lowest BCUT2D eigenvalue weighted by atomic mass is 10.0. The summed E-state index contributed by atoms with van der Waals surface area (Å²) in [6.45, 7) is 2.09. The first-order valence-electron chi connectivity index (χ1n) is 9.19. The van der Waals surface area contributed by atoms with Gasteiger partial charge < -0.3 is 15.0 Å². The Morgan fingerprint density at radius 2 is 2.07 bits per heavy atom. The van der Waals surface area contributed by atoms with Crippen LogP contribution in [0.1, 0.15) is 24.0 Å². The van der Waals surface area contributed by atoms with Crippen molar-refractivity contribution in [3.8, 4) is 17.0 Å². The van der Waals surface area contributed by atoms with Crippen molar-refractivity contribution < 1.29 is 22.3 Å². The summed E-state index contributed by atoms with van der Waals surface area (Å²) in [5, 5.41) is 9.68. The highest BCUT2D eigenvalue weighted by atomic mass is 19.4. The van der Waals surface area contributed by atoms with Gasteiger partial charge in [-0.15, -0.1) is 0 Å². The smallest absolute Gasteiger partial charge is 0.420 e. The Labute approximate surface area is 161 Å². The number of nitrogens with one attached hydrogen (secondary N) is 2. The standard InChI is InChI=1S/C19H24F4N4O/c1-24-5-6-27(2)10-14-9-25-26-17(14)13-7-15(19(21,22)23)18(16(20)8-13)28-11-12-3-4-12/h7-9,12,24H,3-6,10-11H2,1-2H3,(H,25,26). The topological polar surface area (TPSA) is 53.2 Å². The van der Waals surface area contributed by atoms with Gasteiger partial charge in [0, 0.05) is 30.8 Å². The SMILES string of the molecule is CNCCN(C)Cc1cn[nH]c1-c1cc(F)c(OCC2CC2)c(C(F)(F)F)c1. The van der Waals surface area contributed by atoms with Gasteiger partial charge in [-0.05, 0) is 45.0 Å². The van der Waals surface area contributed by atoms with Crippen molar-refractivity contribution in [1.82, 2.24) is 20.4 Å². The van der Waals surface area contributed by atoms with E-state index >= 15 is 0 Å². The first-order chi connectivity index (χ1) is 13.3. The van der Waals surface area contributed by atoms with E-state index in [1.165, 1.54) is 0 Å². The van der Waals surface area contributed by atoms with E-state index in [-0.39, 0.29) is 18.1 Å². The molecule has 154 valence electrons. The number of rotatable bonds is 9. The minimum atomic E-state index is -4.72. The van der Waals surface area contributed by atoms with Gasteiger partial charge in [0.05, 0.1) is 18.5 Å². The Morgan fingerprint density at radius 3 is 2.71 bits per heavy atom. The average molecular weight is 400 g/mol. The van der Waals surface area contributed by atoms with Crippen LogP contribution < -0.4 is 10.1 Å². The number of benzene rings is 1. The summed E-state index contributed by atoms with van der Waals surface area (Å²) in [7, 11) is 3.73. The maximum Gasteiger partial charge on any atom is 0.420 e. The summed E-state index contributed by atoms with van der Waals surface area (Å²) in [5.74, 6) is -1.53. The van der Waals surface area contributed by atoms with Crippen LogP contribution in [-0.4, -0.2) is 48.9 Å². The summed E-state index contributed by atoms with van der Waals surface area (Å²) in [6.07, 6.45) is -1.37. The molecule has 1 heterocycles. The summed E-state index contributed by atoms with van der Waals surface area (Å²) in [6, 6.07) is 2.00. The van der Waals surface area contributed by atoms with Crippen molar-refractivity contribution in [2.24, 2.45) is 5.92 Å². The van der Waals surface area contributed by atoms with Crippen molar-refractivity contribution in [2.75, 3.05) is 33.8 Å². The van der Waals surface area contributed by atoms with Crippen LogP contribution in [0.4, 0.5) is 17.6 Å². The van der Waals surface area contributed by atoms with E-state index in [1.807, 2.05) is 19.0 Å². The van der Waals surface area contributed by atoms with Crippen LogP contribution in [0.25, 0.3) is 11.3 Å². The molecule has 0 bridgehead atoms. The predicted molar refractivity (Wildman–Crippen MR) is 97.5 cm³/mol. The Hall–Kier alpha value is -2.13. The van der Waals surface area contributed by atoms with Gasteiger partial charge in [0.2, 0.25) is 0 Å². The number of nitrogens with zero attached hydrogens (tertiary/aromatic N) is 2. The second-order valence-electron chi connectivity index (χ2n) is 7.20. The van der Waals surface area contributed by atoms with E-state index in [9.17, 15) is 17.6 Å². The van der Waals surface area contributed by atoms with Crippen LogP contribution in [-0.2, 0) is 12.7 Å². The first-order valence-corrected chi connectivity index (χ1v) is 9.19. The molecule has 1 aromatic carbocycles. The van der Waals surface area contributed by atoms with Gasteiger partial charge in [-0.1, -0.05) is 0 Å². The average Bonchev–Trinajstić information content (AvgIpc) is 3.34. The monoisotopic (exact) mass is 400 g/mol. The van der Waals surface area contributed by atoms with Crippen molar-refractivity contribution in [2.45, 2.75) is 25.6 Å². The van der Waals surface area contributed by atoms with Crippen molar-refractivity contribution in [1.29, 1.82) is 0 Å². The van der Waals surface area contributed by atoms with Crippen molar-refractivity contribution in [3.05, 3.63) is 35.3 Å². The van der Waals surface area contributed by atoms with Crippen LogP contribution in [0.3, 0.4) is 0 Å². The second-order valence-corrected chi connectivity index (χ2v) is 7.20. The molecule has 3 rings (SSSR count). The minimum Gasteiger partial charge on any atom is -0.490 e.